The third-order valence-electron chi connectivity index (χ3n) is 4.65. The summed E-state index contributed by atoms with van der Waals surface area (Å²) in [4.78, 5) is 25.0. The number of aryl methyl sites for hydroxylation is 1. The largest absolute Gasteiger partial charge is 0.482 e. The fraction of sp³-hybridized carbons (Fsp3) is 0.333. The molecule has 0 amide bonds. The fourth-order valence-electron chi connectivity index (χ4n) is 3.52. The molecule has 0 saturated heterocycles. The van der Waals surface area contributed by atoms with E-state index in [1.54, 1.807) is 0 Å². The maximum Gasteiger partial charge on any atom is 0.336 e. The Kier molecular flexibility index (Phi) is 4.26. The molecule has 0 bridgehead atoms. The average Bonchev–Trinajstić information content (AvgIpc) is 2.60. The molecule has 6 heteroatoms. The smallest absolute Gasteiger partial charge is 0.336 e. The van der Waals surface area contributed by atoms with Crippen LogP contribution < -0.4 is 15.8 Å². The Morgan fingerprint density at radius 2 is 1.85 bits per heavy atom. The standard InChI is InChI=1S/C21H19BrO5/c1-4-5-11-8-15(24)26-20-16(11)19-13(6-7-21(2,3)27-19)18-17(20)14(23)9-12(10-22)25-18/h6-9H,4-5,10H2,1-3H3. The van der Waals surface area contributed by atoms with Crippen molar-refractivity contribution in [3.8, 4) is 5.75 Å². The van der Waals surface area contributed by atoms with Crippen molar-refractivity contribution in [2.75, 3.05) is 0 Å². The van der Waals surface area contributed by atoms with Gasteiger partial charge in [-0.2, -0.15) is 0 Å². The summed E-state index contributed by atoms with van der Waals surface area (Å²) < 4.78 is 17.7. The van der Waals surface area contributed by atoms with Crippen LogP contribution in [0.3, 0.4) is 0 Å². The molecule has 0 atom stereocenters. The molecule has 1 aliphatic heterocycles. The van der Waals surface area contributed by atoms with Crippen molar-refractivity contribution >= 4 is 43.9 Å². The molecule has 0 aliphatic carbocycles. The highest BCUT2D eigenvalue weighted by Gasteiger charge is 2.30. The van der Waals surface area contributed by atoms with Gasteiger partial charge in [0.05, 0.1) is 16.3 Å². The number of halogens is 1. The van der Waals surface area contributed by atoms with Gasteiger partial charge in [-0.3, -0.25) is 4.79 Å². The van der Waals surface area contributed by atoms with Crippen LogP contribution in [0.1, 0.15) is 44.1 Å². The molecule has 0 fully saturated rings. The Morgan fingerprint density at radius 1 is 1.07 bits per heavy atom. The molecule has 0 radical (unpaired) electrons. The zero-order chi connectivity index (χ0) is 19.3. The van der Waals surface area contributed by atoms with Gasteiger partial charge >= 0.3 is 5.63 Å². The van der Waals surface area contributed by atoms with Gasteiger partial charge in [0.1, 0.15) is 22.5 Å². The molecule has 0 saturated carbocycles. The maximum atomic E-state index is 12.9. The molecule has 2 aromatic heterocycles. The van der Waals surface area contributed by atoms with E-state index in [9.17, 15) is 9.59 Å². The van der Waals surface area contributed by atoms with Crippen LogP contribution in [0.25, 0.3) is 28.0 Å². The summed E-state index contributed by atoms with van der Waals surface area (Å²) in [6.07, 6.45) is 5.38. The lowest BCUT2D eigenvalue weighted by molar-refractivity contribution is 0.161. The second-order valence-electron chi connectivity index (χ2n) is 7.24. The number of benzene rings is 1. The molecule has 27 heavy (non-hydrogen) atoms. The van der Waals surface area contributed by atoms with E-state index in [0.29, 0.717) is 39.8 Å². The first-order valence-corrected chi connectivity index (χ1v) is 10.0. The molecule has 3 aromatic rings. The third-order valence-corrected chi connectivity index (χ3v) is 5.21. The van der Waals surface area contributed by atoms with Crippen LogP contribution in [-0.2, 0) is 11.8 Å². The quantitative estimate of drug-likeness (QED) is 0.334. The Balaban J connectivity index is 2.29. The highest BCUT2D eigenvalue weighted by atomic mass is 79.9. The van der Waals surface area contributed by atoms with Crippen molar-refractivity contribution < 1.29 is 13.6 Å². The van der Waals surface area contributed by atoms with Gasteiger partial charge in [-0.25, -0.2) is 4.79 Å². The first-order valence-electron chi connectivity index (χ1n) is 8.88. The van der Waals surface area contributed by atoms with E-state index >= 15 is 0 Å². The summed E-state index contributed by atoms with van der Waals surface area (Å²) in [6, 6.07) is 2.91. The maximum absolute atomic E-state index is 12.9. The summed E-state index contributed by atoms with van der Waals surface area (Å²) in [5.74, 6) is 1.09. The number of hydrogen-bond donors (Lipinski definition) is 0. The summed E-state index contributed by atoms with van der Waals surface area (Å²) in [5, 5.41) is 1.35. The molecular weight excluding hydrogens is 412 g/mol. The van der Waals surface area contributed by atoms with E-state index < -0.39 is 11.2 Å². The van der Waals surface area contributed by atoms with E-state index in [2.05, 4.69) is 15.9 Å². The van der Waals surface area contributed by atoms with Crippen LogP contribution in [0, 0.1) is 0 Å². The zero-order valence-corrected chi connectivity index (χ0v) is 16.9. The summed E-state index contributed by atoms with van der Waals surface area (Å²) in [5.41, 5.74) is 0.875. The van der Waals surface area contributed by atoms with Gasteiger partial charge in [-0.15, -0.1) is 0 Å². The van der Waals surface area contributed by atoms with E-state index in [1.165, 1.54) is 12.1 Å². The highest BCUT2D eigenvalue weighted by Crippen LogP contribution is 2.43. The molecule has 0 N–H and O–H groups in total. The Hall–Kier alpha value is -2.34. The summed E-state index contributed by atoms with van der Waals surface area (Å²) in [6.45, 7) is 5.94. The number of rotatable bonds is 3. The van der Waals surface area contributed by atoms with Gasteiger partial charge < -0.3 is 13.6 Å². The van der Waals surface area contributed by atoms with Gasteiger partial charge in [-0.1, -0.05) is 29.3 Å². The van der Waals surface area contributed by atoms with Crippen LogP contribution >= 0.6 is 15.9 Å². The average molecular weight is 431 g/mol. The van der Waals surface area contributed by atoms with Crippen molar-refractivity contribution in [3.05, 3.63) is 55.7 Å². The normalized spacial score (nSPS) is 15.1. The monoisotopic (exact) mass is 430 g/mol. The first kappa shape index (κ1) is 18.0. The second kappa shape index (κ2) is 6.37. The molecule has 140 valence electrons. The van der Waals surface area contributed by atoms with Crippen LogP contribution in [0.2, 0.25) is 0 Å². The van der Waals surface area contributed by atoms with E-state index in [1.807, 2.05) is 32.9 Å². The number of alkyl halides is 1. The second-order valence-corrected chi connectivity index (χ2v) is 7.80. The van der Waals surface area contributed by atoms with Crippen molar-refractivity contribution in [3.63, 3.8) is 0 Å². The highest BCUT2D eigenvalue weighted by molar-refractivity contribution is 9.08. The lowest BCUT2D eigenvalue weighted by Gasteiger charge is -2.29. The van der Waals surface area contributed by atoms with Gasteiger partial charge in [-0.05, 0) is 38.0 Å². The lowest BCUT2D eigenvalue weighted by Crippen LogP contribution is -2.28. The van der Waals surface area contributed by atoms with E-state index in [4.69, 9.17) is 13.6 Å². The Bertz CT molecular complexity index is 1210. The van der Waals surface area contributed by atoms with Gasteiger partial charge in [0, 0.05) is 12.1 Å². The minimum atomic E-state index is -0.527. The molecule has 0 spiro atoms. The van der Waals surface area contributed by atoms with Crippen molar-refractivity contribution in [1.82, 2.24) is 0 Å². The Morgan fingerprint density at radius 3 is 2.56 bits per heavy atom. The van der Waals surface area contributed by atoms with Gasteiger partial charge in [0.25, 0.3) is 0 Å². The van der Waals surface area contributed by atoms with Crippen LogP contribution in [0.4, 0.5) is 0 Å². The van der Waals surface area contributed by atoms with E-state index in [0.717, 1.165) is 12.0 Å². The third kappa shape index (κ3) is 2.92. The molecule has 1 aliphatic rings. The number of ether oxygens (including phenoxy) is 1. The molecule has 0 unspecified atom stereocenters. The van der Waals surface area contributed by atoms with Gasteiger partial charge in [0.2, 0.25) is 0 Å². The topological polar surface area (TPSA) is 69.7 Å². The predicted molar refractivity (Wildman–Crippen MR) is 109 cm³/mol. The number of fused-ring (bicyclic) bond motifs is 6. The molecule has 3 heterocycles. The minimum Gasteiger partial charge on any atom is -0.482 e. The van der Waals surface area contributed by atoms with Crippen LogP contribution in [-0.4, -0.2) is 5.60 Å². The zero-order valence-electron chi connectivity index (χ0n) is 15.3. The summed E-state index contributed by atoms with van der Waals surface area (Å²) in [7, 11) is 0. The van der Waals surface area contributed by atoms with Gasteiger partial charge in [0.15, 0.2) is 16.6 Å². The molecular formula is C21H19BrO5. The van der Waals surface area contributed by atoms with Crippen LogP contribution in [0.15, 0.2) is 36.6 Å². The minimum absolute atomic E-state index is 0.237. The number of hydrogen-bond acceptors (Lipinski definition) is 5. The SMILES string of the molecule is CCCc1cc(=O)oc2c1c1c(c3oc(CBr)cc(=O)c32)C=CC(C)(C)O1. The van der Waals surface area contributed by atoms with Crippen LogP contribution in [0.5, 0.6) is 5.75 Å². The Labute approximate surface area is 163 Å². The van der Waals surface area contributed by atoms with Crippen molar-refractivity contribution in [2.24, 2.45) is 0 Å². The predicted octanol–water partition coefficient (Wildman–Crippen LogP) is 4.93. The van der Waals surface area contributed by atoms with E-state index in [-0.39, 0.29) is 16.4 Å². The summed E-state index contributed by atoms with van der Waals surface area (Å²) >= 11 is 3.33. The van der Waals surface area contributed by atoms with Crippen molar-refractivity contribution in [1.29, 1.82) is 0 Å². The first-order chi connectivity index (χ1) is 12.8. The molecule has 5 nitrogen and oxygen atoms in total. The molecule has 4 rings (SSSR count). The lowest BCUT2D eigenvalue weighted by atomic mass is 9.94. The molecule has 1 aromatic carbocycles. The van der Waals surface area contributed by atoms with Crippen molar-refractivity contribution in [2.45, 2.75) is 44.5 Å². The fourth-order valence-corrected chi connectivity index (χ4v) is 3.80.